The molecule has 2 saturated heterocycles. The molecular formula is C21H28O6. The van der Waals surface area contributed by atoms with Crippen LogP contribution in [0.5, 0.6) is 0 Å². The van der Waals surface area contributed by atoms with Gasteiger partial charge in [0.15, 0.2) is 17.9 Å². The third-order valence-electron chi connectivity index (χ3n) is 9.32. The maximum Gasteiger partial charge on any atom is 0.195 e. The number of hydrogen-bond acceptors (Lipinski definition) is 6. The van der Waals surface area contributed by atoms with Crippen molar-refractivity contribution in [1.29, 1.82) is 0 Å². The first kappa shape index (κ1) is 17.1. The SMILES string of the molecule is C[C@]12CCC(=O)C=C1[C@H](O)C[C@@H]1[C@@H]2[C@@H]2C[C@]34C(O2)OC(O)(CO)[C@H]3CC[C@@H]14. The molecule has 148 valence electrons. The molecule has 0 aromatic heterocycles. The summed E-state index contributed by atoms with van der Waals surface area (Å²) in [6.07, 6.45) is 5.28. The minimum atomic E-state index is -1.50. The van der Waals surface area contributed by atoms with Gasteiger partial charge in [-0.15, -0.1) is 0 Å². The molecule has 10 atom stereocenters. The van der Waals surface area contributed by atoms with Crippen molar-refractivity contribution in [2.24, 2.45) is 34.5 Å². The Kier molecular flexibility index (Phi) is 3.18. The van der Waals surface area contributed by atoms with Gasteiger partial charge in [0.2, 0.25) is 0 Å². The minimum absolute atomic E-state index is 0.0224. The Balaban J connectivity index is 1.46. The van der Waals surface area contributed by atoms with E-state index in [1.54, 1.807) is 6.08 Å². The summed E-state index contributed by atoms with van der Waals surface area (Å²) < 4.78 is 12.4. The molecule has 3 N–H and O–H groups in total. The van der Waals surface area contributed by atoms with Crippen molar-refractivity contribution >= 4 is 5.78 Å². The number of aliphatic hydroxyl groups excluding tert-OH is 2. The predicted octanol–water partition coefficient (Wildman–Crippen LogP) is 1.13. The van der Waals surface area contributed by atoms with Crippen LogP contribution >= 0.6 is 0 Å². The smallest absolute Gasteiger partial charge is 0.195 e. The first-order valence-electron chi connectivity index (χ1n) is 10.4. The predicted molar refractivity (Wildman–Crippen MR) is 93.1 cm³/mol. The Bertz CT molecular complexity index is 749. The third kappa shape index (κ3) is 1.79. The molecule has 0 radical (unpaired) electrons. The van der Waals surface area contributed by atoms with Crippen molar-refractivity contribution in [1.82, 2.24) is 0 Å². The lowest BCUT2D eigenvalue weighted by Crippen LogP contribution is -2.57. The van der Waals surface area contributed by atoms with Crippen LogP contribution < -0.4 is 0 Å². The van der Waals surface area contributed by atoms with Gasteiger partial charge in [-0.1, -0.05) is 6.92 Å². The van der Waals surface area contributed by atoms with Gasteiger partial charge in [-0.05, 0) is 66.9 Å². The minimum Gasteiger partial charge on any atom is -0.391 e. The first-order chi connectivity index (χ1) is 12.8. The topological polar surface area (TPSA) is 96.2 Å². The van der Waals surface area contributed by atoms with Crippen LogP contribution in [0.3, 0.4) is 0 Å². The summed E-state index contributed by atoms with van der Waals surface area (Å²) in [5.41, 5.74) is 0.441. The number of ether oxygens (including phenoxy) is 2. The molecular weight excluding hydrogens is 348 g/mol. The van der Waals surface area contributed by atoms with Gasteiger partial charge in [-0.2, -0.15) is 0 Å². The van der Waals surface area contributed by atoms with E-state index in [4.69, 9.17) is 9.47 Å². The lowest BCUT2D eigenvalue weighted by Gasteiger charge is -2.58. The Morgan fingerprint density at radius 3 is 2.93 bits per heavy atom. The number of hydrogen-bond donors (Lipinski definition) is 3. The molecule has 27 heavy (non-hydrogen) atoms. The Morgan fingerprint density at radius 1 is 1.33 bits per heavy atom. The fourth-order valence-electron chi connectivity index (χ4n) is 8.45. The van der Waals surface area contributed by atoms with Gasteiger partial charge in [-0.3, -0.25) is 4.79 Å². The lowest BCUT2D eigenvalue weighted by atomic mass is 9.46. The molecule has 2 bridgehead atoms. The first-order valence-corrected chi connectivity index (χ1v) is 10.4. The second kappa shape index (κ2) is 5.03. The Morgan fingerprint density at radius 2 is 2.15 bits per heavy atom. The van der Waals surface area contributed by atoms with Crippen molar-refractivity contribution in [3.05, 3.63) is 11.6 Å². The molecule has 5 fully saturated rings. The highest BCUT2D eigenvalue weighted by molar-refractivity contribution is 5.91. The van der Waals surface area contributed by atoms with Crippen molar-refractivity contribution in [3.63, 3.8) is 0 Å². The molecule has 3 saturated carbocycles. The van der Waals surface area contributed by atoms with Crippen molar-refractivity contribution in [3.8, 4) is 0 Å². The third-order valence-corrected chi connectivity index (χ3v) is 9.32. The number of carbonyl (C=O) groups excluding carboxylic acids is 1. The molecule has 0 aromatic carbocycles. The lowest BCUT2D eigenvalue weighted by molar-refractivity contribution is -0.281. The normalized spacial score (nSPS) is 60.7. The molecule has 6 nitrogen and oxygen atoms in total. The van der Waals surface area contributed by atoms with E-state index in [0.29, 0.717) is 24.7 Å². The van der Waals surface area contributed by atoms with Crippen LogP contribution in [0.25, 0.3) is 0 Å². The average molecular weight is 376 g/mol. The summed E-state index contributed by atoms with van der Waals surface area (Å²) in [6, 6.07) is 0. The maximum atomic E-state index is 12.0. The molecule has 2 aliphatic heterocycles. The monoisotopic (exact) mass is 376 g/mol. The standard InChI is InChI=1S/C21H28O6/c1-19-5-4-10(23)6-13(19)14(24)7-11-12-2-3-16-20(12)8-15(17(11)19)26-18(20)27-21(16,25)9-22/h6,11-12,14-18,22,24-25H,2-5,7-9H2,1H3/t11-,12-,14+,15-,16-,17+,18?,19-,20+,21?/m0/s1. The van der Waals surface area contributed by atoms with E-state index in [9.17, 15) is 20.1 Å². The van der Waals surface area contributed by atoms with Gasteiger partial charge in [0.25, 0.3) is 0 Å². The van der Waals surface area contributed by atoms with Crippen LogP contribution in [-0.4, -0.2) is 52.0 Å². The van der Waals surface area contributed by atoms with Crippen LogP contribution in [0.4, 0.5) is 0 Å². The molecule has 6 heteroatoms. The number of fused-ring (bicyclic) bond motifs is 6. The zero-order valence-corrected chi connectivity index (χ0v) is 15.6. The molecule has 0 aromatic rings. The fraction of sp³-hybridized carbons (Fsp3) is 0.857. The van der Waals surface area contributed by atoms with Crippen molar-refractivity contribution in [2.75, 3.05) is 6.61 Å². The molecule has 1 spiro atoms. The number of aliphatic hydroxyl groups is 3. The van der Waals surface area contributed by atoms with E-state index >= 15 is 0 Å². The number of ketones is 1. The number of carbonyl (C=O) groups is 1. The second-order valence-corrected chi connectivity index (χ2v) is 10.1. The van der Waals surface area contributed by atoms with Crippen molar-refractivity contribution < 1.29 is 29.6 Å². The molecule has 6 rings (SSSR count). The van der Waals surface area contributed by atoms with E-state index < -0.39 is 24.8 Å². The van der Waals surface area contributed by atoms with E-state index in [0.717, 1.165) is 31.3 Å². The summed E-state index contributed by atoms with van der Waals surface area (Å²) in [5.74, 6) is -0.599. The fourth-order valence-corrected chi connectivity index (χ4v) is 8.45. The average Bonchev–Trinajstić information content (AvgIpc) is 3.22. The Hall–Kier alpha value is -0.790. The van der Waals surface area contributed by atoms with E-state index in [-0.39, 0.29) is 34.6 Å². The second-order valence-electron chi connectivity index (χ2n) is 10.1. The maximum absolute atomic E-state index is 12.0. The van der Waals surface area contributed by atoms with E-state index in [1.807, 2.05) is 0 Å². The summed E-state index contributed by atoms with van der Waals surface area (Å²) in [5, 5.41) is 31.6. The van der Waals surface area contributed by atoms with E-state index in [1.165, 1.54) is 0 Å². The largest absolute Gasteiger partial charge is 0.391 e. The molecule has 6 aliphatic rings. The zero-order valence-electron chi connectivity index (χ0n) is 15.6. The molecule has 2 heterocycles. The van der Waals surface area contributed by atoms with Gasteiger partial charge in [0.05, 0.1) is 18.8 Å². The Labute approximate surface area is 158 Å². The molecule has 2 unspecified atom stereocenters. The van der Waals surface area contributed by atoms with E-state index in [2.05, 4.69) is 6.92 Å². The highest BCUT2D eigenvalue weighted by Gasteiger charge is 2.78. The van der Waals surface area contributed by atoms with Gasteiger partial charge in [-0.25, -0.2) is 0 Å². The van der Waals surface area contributed by atoms with Crippen LogP contribution in [0, 0.1) is 34.5 Å². The van der Waals surface area contributed by atoms with Gasteiger partial charge in [0, 0.05) is 17.8 Å². The quantitative estimate of drug-likeness (QED) is 0.635. The van der Waals surface area contributed by atoms with Crippen LogP contribution in [-0.2, 0) is 14.3 Å². The van der Waals surface area contributed by atoms with Crippen LogP contribution in [0.1, 0.15) is 45.4 Å². The van der Waals surface area contributed by atoms with Gasteiger partial charge >= 0.3 is 0 Å². The summed E-state index contributed by atoms with van der Waals surface area (Å²) in [6.45, 7) is 1.80. The van der Waals surface area contributed by atoms with Crippen LogP contribution in [0.2, 0.25) is 0 Å². The highest BCUT2D eigenvalue weighted by Crippen LogP contribution is 2.75. The van der Waals surface area contributed by atoms with Gasteiger partial charge < -0.3 is 24.8 Å². The van der Waals surface area contributed by atoms with Gasteiger partial charge in [0.1, 0.15) is 0 Å². The molecule has 4 aliphatic carbocycles. The number of rotatable bonds is 1. The molecule has 0 amide bonds. The summed E-state index contributed by atoms with van der Waals surface area (Å²) in [7, 11) is 0. The van der Waals surface area contributed by atoms with Crippen LogP contribution in [0.15, 0.2) is 11.6 Å². The highest BCUT2D eigenvalue weighted by atomic mass is 16.8. The summed E-state index contributed by atoms with van der Waals surface area (Å²) in [4.78, 5) is 12.0. The zero-order chi connectivity index (χ0) is 18.8. The summed E-state index contributed by atoms with van der Waals surface area (Å²) >= 11 is 0. The van der Waals surface area contributed by atoms with Crippen molar-refractivity contribution in [2.45, 2.75) is 69.7 Å².